The van der Waals surface area contributed by atoms with Gasteiger partial charge in [-0.2, -0.15) is 0 Å². The molecule has 1 aliphatic rings. The number of hydrogen-bond acceptors (Lipinski definition) is 6. The van der Waals surface area contributed by atoms with Gasteiger partial charge in [0, 0.05) is 13.7 Å². The summed E-state index contributed by atoms with van der Waals surface area (Å²) in [6.45, 7) is 13.2. The van der Waals surface area contributed by atoms with E-state index in [-0.39, 0.29) is 23.5 Å². The highest BCUT2D eigenvalue weighted by Crippen LogP contribution is 2.40. The molecular formula is C44H85NO5. The zero-order chi connectivity index (χ0) is 36.5. The first kappa shape index (κ1) is 46.9. The van der Waals surface area contributed by atoms with Crippen LogP contribution in [0.3, 0.4) is 0 Å². The van der Waals surface area contributed by atoms with Crippen molar-refractivity contribution in [3.05, 3.63) is 0 Å². The third kappa shape index (κ3) is 24.9. The zero-order valence-electron chi connectivity index (χ0n) is 34.2. The molecule has 0 atom stereocenters. The molecule has 0 aromatic rings. The molecule has 1 rings (SSSR count). The fraction of sp³-hybridized carbons (Fsp3) is 0.955. The van der Waals surface area contributed by atoms with Crippen LogP contribution in [0.4, 0.5) is 0 Å². The van der Waals surface area contributed by atoms with Crippen LogP contribution in [-0.2, 0) is 23.8 Å². The van der Waals surface area contributed by atoms with E-state index in [0.29, 0.717) is 25.4 Å². The van der Waals surface area contributed by atoms with Gasteiger partial charge in [0.05, 0.1) is 19.4 Å². The van der Waals surface area contributed by atoms with Crippen LogP contribution < -0.4 is 0 Å². The fourth-order valence-corrected chi connectivity index (χ4v) is 7.85. The number of esters is 2. The van der Waals surface area contributed by atoms with Crippen molar-refractivity contribution in [2.45, 2.75) is 220 Å². The molecule has 6 heteroatoms. The molecule has 50 heavy (non-hydrogen) atoms. The number of methoxy groups -OCH3 is 1. The fourth-order valence-electron chi connectivity index (χ4n) is 7.85. The van der Waals surface area contributed by atoms with Gasteiger partial charge in [-0.3, -0.25) is 9.59 Å². The largest absolute Gasteiger partial charge is 0.466 e. The lowest BCUT2D eigenvalue weighted by Gasteiger charge is -2.41. The first-order chi connectivity index (χ1) is 24.4. The van der Waals surface area contributed by atoms with E-state index in [9.17, 15) is 9.59 Å². The lowest BCUT2D eigenvalue weighted by Crippen LogP contribution is -2.43. The average Bonchev–Trinajstić information content (AvgIpc) is 3.10. The molecule has 296 valence electrons. The van der Waals surface area contributed by atoms with Crippen LogP contribution in [0, 0.1) is 11.3 Å². The third-order valence-electron chi connectivity index (χ3n) is 11.3. The van der Waals surface area contributed by atoms with Gasteiger partial charge in [0.2, 0.25) is 0 Å². The highest BCUT2D eigenvalue weighted by atomic mass is 16.5. The molecule has 1 fully saturated rings. The second kappa shape index (κ2) is 32.5. The summed E-state index contributed by atoms with van der Waals surface area (Å²) in [5, 5.41) is 0. The average molecular weight is 708 g/mol. The van der Waals surface area contributed by atoms with E-state index in [1.54, 1.807) is 7.11 Å². The van der Waals surface area contributed by atoms with E-state index in [4.69, 9.17) is 14.2 Å². The summed E-state index contributed by atoms with van der Waals surface area (Å²) in [6, 6.07) is 0. The van der Waals surface area contributed by atoms with Gasteiger partial charge in [-0.25, -0.2) is 0 Å². The summed E-state index contributed by atoms with van der Waals surface area (Å²) in [5.41, 5.74) is -0.371. The molecule has 0 unspecified atom stereocenters. The number of piperidine rings is 1. The number of hydrogen-bond donors (Lipinski definition) is 0. The number of carbonyl (C=O) groups is 2. The van der Waals surface area contributed by atoms with Gasteiger partial charge in [-0.15, -0.1) is 0 Å². The zero-order valence-corrected chi connectivity index (χ0v) is 34.2. The van der Waals surface area contributed by atoms with Crippen molar-refractivity contribution in [1.82, 2.24) is 4.90 Å². The van der Waals surface area contributed by atoms with Crippen molar-refractivity contribution in [2.75, 3.05) is 40.0 Å². The van der Waals surface area contributed by atoms with E-state index in [0.717, 1.165) is 84.0 Å². The lowest BCUT2D eigenvalue weighted by molar-refractivity contribution is -0.156. The number of unbranched alkanes of at least 4 members (excludes halogenated alkanes) is 15. The molecule has 0 amide bonds. The van der Waals surface area contributed by atoms with Crippen molar-refractivity contribution in [1.29, 1.82) is 0 Å². The maximum Gasteiger partial charge on any atom is 0.306 e. The minimum Gasteiger partial charge on any atom is -0.466 e. The van der Waals surface area contributed by atoms with Gasteiger partial charge < -0.3 is 19.1 Å². The van der Waals surface area contributed by atoms with Crippen molar-refractivity contribution in [3.8, 4) is 0 Å². The Morgan fingerprint density at radius 3 is 1.58 bits per heavy atom. The highest BCUT2D eigenvalue weighted by Gasteiger charge is 2.40. The summed E-state index contributed by atoms with van der Waals surface area (Å²) < 4.78 is 17.5. The second-order valence-corrected chi connectivity index (χ2v) is 16.0. The van der Waals surface area contributed by atoms with Crippen molar-refractivity contribution < 1.29 is 23.8 Å². The van der Waals surface area contributed by atoms with Gasteiger partial charge in [0.15, 0.2) is 0 Å². The minimum absolute atomic E-state index is 0.00192. The van der Waals surface area contributed by atoms with Gasteiger partial charge in [0.1, 0.15) is 6.10 Å². The molecule has 1 heterocycles. The molecule has 0 aliphatic carbocycles. The highest BCUT2D eigenvalue weighted by molar-refractivity contribution is 5.74. The Hall–Kier alpha value is -1.14. The Bertz CT molecular complexity index is 754. The monoisotopic (exact) mass is 708 g/mol. The van der Waals surface area contributed by atoms with Gasteiger partial charge in [0.25, 0.3) is 0 Å². The van der Waals surface area contributed by atoms with E-state index in [1.807, 2.05) is 0 Å². The van der Waals surface area contributed by atoms with Crippen LogP contribution in [0.2, 0.25) is 0 Å². The smallest absolute Gasteiger partial charge is 0.306 e. The van der Waals surface area contributed by atoms with Crippen LogP contribution in [0.25, 0.3) is 0 Å². The van der Waals surface area contributed by atoms with Crippen molar-refractivity contribution >= 4 is 11.9 Å². The van der Waals surface area contributed by atoms with Crippen LogP contribution >= 0.6 is 0 Å². The van der Waals surface area contributed by atoms with Crippen molar-refractivity contribution in [3.63, 3.8) is 0 Å². The van der Waals surface area contributed by atoms with Crippen LogP contribution in [0.15, 0.2) is 0 Å². The van der Waals surface area contributed by atoms with E-state index >= 15 is 0 Å². The van der Waals surface area contributed by atoms with Gasteiger partial charge in [-0.05, 0) is 88.8 Å². The predicted octanol–water partition coefficient (Wildman–Crippen LogP) is 12.4. The van der Waals surface area contributed by atoms with Crippen LogP contribution in [-0.4, -0.2) is 62.9 Å². The Morgan fingerprint density at radius 2 is 1.04 bits per heavy atom. The third-order valence-corrected chi connectivity index (χ3v) is 11.3. The Kier molecular flexibility index (Phi) is 30.5. The molecule has 1 saturated heterocycles. The second-order valence-electron chi connectivity index (χ2n) is 16.0. The van der Waals surface area contributed by atoms with E-state index < -0.39 is 0 Å². The SMILES string of the molecule is CCCCCCCCC(CCCCCCCC)OC(=O)CC1(CC(=O)OCCC(CCCCC)CCCCC)CCN(CCCCOC)CC1. The lowest BCUT2D eigenvalue weighted by atomic mass is 9.73. The molecule has 1 aliphatic heterocycles. The van der Waals surface area contributed by atoms with Gasteiger partial charge >= 0.3 is 11.9 Å². The quantitative estimate of drug-likeness (QED) is 0.0482. The minimum atomic E-state index is -0.371. The summed E-state index contributed by atoms with van der Waals surface area (Å²) in [7, 11) is 1.76. The van der Waals surface area contributed by atoms with Crippen molar-refractivity contribution in [2.24, 2.45) is 11.3 Å². The maximum atomic E-state index is 13.7. The molecule has 0 N–H and O–H groups in total. The molecule has 0 spiro atoms. The summed E-state index contributed by atoms with van der Waals surface area (Å²) >= 11 is 0. The number of likely N-dealkylation sites (tertiary alicyclic amines) is 1. The maximum absolute atomic E-state index is 13.7. The molecule has 0 bridgehead atoms. The molecule has 0 saturated carbocycles. The molecular weight excluding hydrogens is 622 g/mol. The Morgan fingerprint density at radius 1 is 0.560 bits per heavy atom. The standard InChI is InChI=1S/C44H85NO5/c1-6-10-14-16-18-22-28-41(29-23-19-17-15-11-7-2)50-43(47)39-44(31-34-45(35-32-44)33-24-25-36-48-5)38-42(46)49-37-30-40(26-20-12-8-3)27-21-13-9-4/h40-41H,6-39H2,1-5H3. The molecule has 0 radical (unpaired) electrons. The Labute approximate surface area is 311 Å². The number of ether oxygens (including phenoxy) is 3. The predicted molar refractivity (Wildman–Crippen MR) is 212 cm³/mol. The molecule has 6 nitrogen and oxygen atoms in total. The number of carbonyl (C=O) groups excluding carboxylic acids is 2. The number of nitrogens with zero attached hydrogens (tertiary/aromatic N) is 1. The number of rotatable bonds is 35. The Balaban J connectivity index is 2.84. The topological polar surface area (TPSA) is 65.1 Å². The molecule has 0 aromatic carbocycles. The first-order valence-electron chi connectivity index (χ1n) is 22.0. The van der Waals surface area contributed by atoms with E-state index in [2.05, 4.69) is 32.6 Å². The van der Waals surface area contributed by atoms with Crippen LogP contribution in [0.1, 0.15) is 214 Å². The normalized spacial score (nSPS) is 14.9. The molecule has 0 aromatic heterocycles. The summed E-state index contributed by atoms with van der Waals surface area (Å²) in [4.78, 5) is 29.7. The van der Waals surface area contributed by atoms with Gasteiger partial charge in [-0.1, -0.05) is 143 Å². The van der Waals surface area contributed by atoms with Crippen LogP contribution in [0.5, 0.6) is 0 Å². The summed E-state index contributed by atoms with van der Waals surface area (Å²) in [5.74, 6) is 0.421. The van der Waals surface area contributed by atoms with E-state index in [1.165, 1.54) is 116 Å². The first-order valence-corrected chi connectivity index (χ1v) is 22.0. The summed E-state index contributed by atoms with van der Waals surface area (Å²) in [6.07, 6.45) is 32.5.